The van der Waals surface area contributed by atoms with E-state index in [-0.39, 0.29) is 11.3 Å². The van der Waals surface area contributed by atoms with Crippen molar-refractivity contribution in [2.75, 3.05) is 11.5 Å². The fourth-order valence-corrected chi connectivity index (χ4v) is 3.67. The topological polar surface area (TPSA) is 80.0 Å². The average molecular weight is 431 g/mol. The van der Waals surface area contributed by atoms with E-state index in [9.17, 15) is 14.7 Å². The highest BCUT2D eigenvalue weighted by Gasteiger charge is 2.48. The minimum Gasteiger partial charge on any atom is -0.507 e. The molecule has 0 aliphatic carbocycles. The Kier molecular flexibility index (Phi) is 5.86. The summed E-state index contributed by atoms with van der Waals surface area (Å²) in [5.74, 6) is -0.453. The number of hydrogen-bond donors (Lipinski definition) is 1. The van der Waals surface area contributed by atoms with E-state index < -0.39 is 17.7 Å². The molecule has 0 bridgehead atoms. The maximum absolute atomic E-state index is 13.1. The number of carbonyl (C=O) groups excluding carboxylic acids is 2. The van der Waals surface area contributed by atoms with Gasteiger partial charge in [-0.05, 0) is 49.2 Å². The molecule has 1 saturated heterocycles. The molecule has 1 aromatic heterocycles. The quantitative estimate of drug-likeness (QED) is 0.328. The first-order valence-electron chi connectivity index (χ1n) is 10.5. The van der Waals surface area contributed by atoms with E-state index in [1.165, 1.54) is 11.2 Å². The molecule has 3 aromatic rings. The highest BCUT2D eigenvalue weighted by atomic mass is 16.5. The standard InChI is InChI=1S/C26H25NO5/c1-16(2)15-32-20-7-4-6-18(14-20)24(28)22-23(21-8-5-13-31-21)27(26(30)25(22)29)19-11-9-17(3)10-12-19/h4-14,16,23,28H,15H2,1-3H3/b24-22-. The fourth-order valence-electron chi connectivity index (χ4n) is 3.67. The maximum Gasteiger partial charge on any atom is 0.300 e. The van der Waals surface area contributed by atoms with Crippen molar-refractivity contribution in [2.45, 2.75) is 26.8 Å². The van der Waals surface area contributed by atoms with Crippen molar-refractivity contribution < 1.29 is 23.8 Å². The number of amides is 1. The van der Waals surface area contributed by atoms with E-state index in [2.05, 4.69) is 0 Å². The third kappa shape index (κ3) is 4.04. The van der Waals surface area contributed by atoms with Crippen LogP contribution in [0.2, 0.25) is 0 Å². The number of nitrogens with zero attached hydrogens (tertiary/aromatic N) is 1. The van der Waals surface area contributed by atoms with Crippen molar-refractivity contribution in [3.05, 3.63) is 89.4 Å². The van der Waals surface area contributed by atoms with E-state index in [0.717, 1.165) is 5.56 Å². The summed E-state index contributed by atoms with van der Waals surface area (Å²) in [7, 11) is 0. The normalized spacial score (nSPS) is 17.9. The number of ketones is 1. The van der Waals surface area contributed by atoms with Crippen LogP contribution in [0.15, 0.2) is 76.9 Å². The first-order chi connectivity index (χ1) is 15.4. The Morgan fingerprint density at radius 2 is 1.84 bits per heavy atom. The molecule has 1 unspecified atom stereocenters. The van der Waals surface area contributed by atoms with Crippen LogP contribution < -0.4 is 9.64 Å². The zero-order valence-electron chi connectivity index (χ0n) is 18.2. The molecule has 2 aromatic carbocycles. The highest BCUT2D eigenvalue weighted by molar-refractivity contribution is 6.51. The number of hydrogen-bond acceptors (Lipinski definition) is 5. The summed E-state index contributed by atoms with van der Waals surface area (Å²) in [6.07, 6.45) is 1.48. The average Bonchev–Trinajstić information content (AvgIpc) is 3.40. The van der Waals surface area contributed by atoms with Gasteiger partial charge in [-0.25, -0.2) is 0 Å². The maximum atomic E-state index is 13.1. The molecule has 1 fully saturated rings. The molecule has 32 heavy (non-hydrogen) atoms. The van der Waals surface area contributed by atoms with Crippen LogP contribution in [0.25, 0.3) is 5.76 Å². The largest absolute Gasteiger partial charge is 0.507 e. The lowest BCUT2D eigenvalue weighted by Gasteiger charge is -2.23. The molecule has 2 heterocycles. The number of rotatable bonds is 6. The second-order valence-electron chi connectivity index (χ2n) is 8.25. The second-order valence-corrected chi connectivity index (χ2v) is 8.25. The predicted octanol–water partition coefficient (Wildman–Crippen LogP) is 5.25. The SMILES string of the molecule is Cc1ccc(N2C(=O)C(=O)/C(=C(\O)c3cccc(OCC(C)C)c3)C2c2ccco2)cc1. The number of furan rings is 1. The lowest BCUT2D eigenvalue weighted by Crippen LogP contribution is -2.29. The monoisotopic (exact) mass is 431 g/mol. The molecule has 0 radical (unpaired) electrons. The van der Waals surface area contributed by atoms with Gasteiger partial charge in [0, 0.05) is 11.3 Å². The Hall–Kier alpha value is -3.80. The van der Waals surface area contributed by atoms with Gasteiger partial charge in [0.1, 0.15) is 23.3 Å². The van der Waals surface area contributed by atoms with Crippen molar-refractivity contribution in [1.29, 1.82) is 0 Å². The third-order valence-electron chi connectivity index (χ3n) is 5.26. The molecule has 1 amide bonds. The van der Waals surface area contributed by atoms with Gasteiger partial charge in [-0.15, -0.1) is 0 Å². The molecule has 164 valence electrons. The molecule has 4 rings (SSSR count). The van der Waals surface area contributed by atoms with Gasteiger partial charge < -0.3 is 14.3 Å². The van der Waals surface area contributed by atoms with Gasteiger partial charge in [0.25, 0.3) is 11.7 Å². The van der Waals surface area contributed by atoms with E-state index >= 15 is 0 Å². The first kappa shape index (κ1) is 21.4. The van der Waals surface area contributed by atoms with Gasteiger partial charge in [-0.3, -0.25) is 14.5 Å². The number of aliphatic hydroxyl groups excluding tert-OH is 1. The fraction of sp³-hybridized carbons (Fsp3) is 0.231. The Bertz CT molecular complexity index is 1160. The molecule has 1 aliphatic heterocycles. The van der Waals surface area contributed by atoms with Crippen molar-refractivity contribution in [1.82, 2.24) is 0 Å². The zero-order valence-corrected chi connectivity index (χ0v) is 18.2. The number of aryl methyl sites for hydroxylation is 1. The summed E-state index contributed by atoms with van der Waals surface area (Å²) in [6.45, 7) is 6.55. The zero-order chi connectivity index (χ0) is 22.8. The molecular formula is C26H25NO5. The predicted molar refractivity (Wildman–Crippen MR) is 121 cm³/mol. The van der Waals surface area contributed by atoms with Gasteiger partial charge in [-0.1, -0.05) is 43.7 Å². The molecule has 1 aliphatic rings. The van der Waals surface area contributed by atoms with Gasteiger partial charge >= 0.3 is 0 Å². The van der Waals surface area contributed by atoms with Crippen LogP contribution in [0.4, 0.5) is 5.69 Å². The molecule has 6 heteroatoms. The smallest absolute Gasteiger partial charge is 0.300 e. The van der Waals surface area contributed by atoms with E-state index in [0.29, 0.717) is 35.3 Å². The first-order valence-corrected chi connectivity index (χ1v) is 10.5. The Morgan fingerprint density at radius 3 is 2.50 bits per heavy atom. The Balaban J connectivity index is 1.82. The van der Waals surface area contributed by atoms with E-state index in [4.69, 9.17) is 9.15 Å². The number of carbonyl (C=O) groups is 2. The number of anilines is 1. The van der Waals surface area contributed by atoms with Crippen LogP contribution in [-0.2, 0) is 9.59 Å². The number of aliphatic hydroxyl groups is 1. The van der Waals surface area contributed by atoms with Gasteiger partial charge in [0.05, 0.1) is 18.4 Å². The van der Waals surface area contributed by atoms with Crippen molar-refractivity contribution in [2.24, 2.45) is 5.92 Å². The van der Waals surface area contributed by atoms with Crippen LogP contribution in [-0.4, -0.2) is 23.4 Å². The minimum atomic E-state index is -0.882. The summed E-state index contributed by atoms with van der Waals surface area (Å²) in [4.78, 5) is 27.5. The second kappa shape index (κ2) is 8.75. The lowest BCUT2D eigenvalue weighted by atomic mass is 9.99. The Labute approximate surface area is 186 Å². The van der Waals surface area contributed by atoms with Crippen LogP contribution in [0, 0.1) is 12.8 Å². The van der Waals surface area contributed by atoms with Crippen molar-refractivity contribution >= 4 is 23.1 Å². The molecule has 0 spiro atoms. The van der Waals surface area contributed by atoms with Crippen molar-refractivity contribution in [3.8, 4) is 5.75 Å². The van der Waals surface area contributed by atoms with E-state index in [1.54, 1.807) is 48.5 Å². The molecule has 0 saturated carbocycles. The number of benzene rings is 2. The van der Waals surface area contributed by atoms with Crippen LogP contribution in [0.5, 0.6) is 5.75 Å². The number of Topliss-reactive ketones (excluding diaryl/α,β-unsaturated/α-hetero) is 1. The van der Waals surface area contributed by atoms with Crippen molar-refractivity contribution in [3.63, 3.8) is 0 Å². The summed E-state index contributed by atoms with van der Waals surface area (Å²) in [5.41, 5.74) is 1.95. The van der Waals surface area contributed by atoms with Gasteiger partial charge in [0.15, 0.2) is 0 Å². The summed E-state index contributed by atoms with van der Waals surface area (Å²) in [6, 6.07) is 16.6. The minimum absolute atomic E-state index is 0.0217. The van der Waals surface area contributed by atoms with E-state index in [1.807, 2.05) is 32.9 Å². The Morgan fingerprint density at radius 1 is 1.09 bits per heavy atom. The molecule has 1 atom stereocenters. The highest BCUT2D eigenvalue weighted by Crippen LogP contribution is 2.42. The van der Waals surface area contributed by atoms with Crippen LogP contribution in [0.3, 0.4) is 0 Å². The van der Waals surface area contributed by atoms with Gasteiger partial charge in [-0.2, -0.15) is 0 Å². The molecular weight excluding hydrogens is 406 g/mol. The third-order valence-corrected chi connectivity index (χ3v) is 5.26. The van der Waals surface area contributed by atoms with Gasteiger partial charge in [0.2, 0.25) is 0 Å². The number of ether oxygens (including phenoxy) is 1. The summed E-state index contributed by atoms with van der Waals surface area (Å²) in [5, 5.41) is 11.2. The summed E-state index contributed by atoms with van der Waals surface area (Å²) < 4.78 is 11.3. The molecule has 1 N–H and O–H groups in total. The van der Waals surface area contributed by atoms with Crippen LogP contribution >= 0.6 is 0 Å². The lowest BCUT2D eigenvalue weighted by molar-refractivity contribution is -0.132. The van der Waals surface area contributed by atoms with Crippen LogP contribution in [0.1, 0.15) is 36.8 Å². The molecule has 6 nitrogen and oxygen atoms in total. The summed E-state index contributed by atoms with van der Waals surface area (Å²) >= 11 is 0.